The van der Waals surface area contributed by atoms with Crippen molar-refractivity contribution in [2.45, 2.75) is 58.8 Å². The van der Waals surface area contributed by atoms with Crippen molar-refractivity contribution in [3.05, 3.63) is 65.2 Å². The van der Waals surface area contributed by atoms with Gasteiger partial charge in [0, 0.05) is 0 Å². The van der Waals surface area contributed by atoms with E-state index in [-0.39, 0.29) is 0 Å². The van der Waals surface area contributed by atoms with Crippen molar-refractivity contribution in [3.63, 3.8) is 0 Å². The summed E-state index contributed by atoms with van der Waals surface area (Å²) in [5, 5.41) is 9.54. The molecule has 26 heavy (non-hydrogen) atoms. The summed E-state index contributed by atoms with van der Waals surface area (Å²) in [6.45, 7) is 4.37. The van der Waals surface area contributed by atoms with Crippen LogP contribution in [0.1, 0.15) is 73.9 Å². The molecule has 0 unspecified atom stereocenters. The molecule has 0 saturated carbocycles. The Morgan fingerprint density at radius 3 is 2.38 bits per heavy atom. The summed E-state index contributed by atoms with van der Waals surface area (Å²) in [4.78, 5) is 11.6. The van der Waals surface area contributed by atoms with Crippen LogP contribution >= 0.6 is 0 Å². The van der Waals surface area contributed by atoms with Gasteiger partial charge in [-0.1, -0.05) is 82.0 Å². The summed E-state index contributed by atoms with van der Waals surface area (Å²) < 4.78 is 0. The van der Waals surface area contributed by atoms with Crippen LogP contribution in [0.4, 0.5) is 0 Å². The number of unbranched alkanes of at least 4 members (excludes halogenated alkanes) is 4. The SMILES string of the molecule is CCCC=Cc1ccc(C(=O)O)c(-c2ccc(CCCCCC)cc2)c1. The fourth-order valence-corrected chi connectivity index (χ4v) is 3.08. The second-order valence-corrected chi connectivity index (χ2v) is 6.81. The zero-order valence-corrected chi connectivity index (χ0v) is 16.0. The Morgan fingerprint density at radius 2 is 1.73 bits per heavy atom. The van der Waals surface area contributed by atoms with E-state index in [0.29, 0.717) is 5.56 Å². The molecule has 0 radical (unpaired) electrons. The predicted octanol–water partition coefficient (Wildman–Crippen LogP) is 6.99. The van der Waals surface area contributed by atoms with Gasteiger partial charge < -0.3 is 5.11 Å². The summed E-state index contributed by atoms with van der Waals surface area (Å²) in [6, 6.07) is 13.9. The predicted molar refractivity (Wildman–Crippen MR) is 111 cm³/mol. The Balaban J connectivity index is 2.21. The molecule has 1 N–H and O–H groups in total. The van der Waals surface area contributed by atoms with Gasteiger partial charge in [-0.25, -0.2) is 4.79 Å². The molecule has 0 aliphatic rings. The summed E-state index contributed by atoms with van der Waals surface area (Å²) in [5.41, 5.74) is 4.47. The minimum Gasteiger partial charge on any atom is -0.478 e. The Bertz CT molecular complexity index is 726. The topological polar surface area (TPSA) is 37.3 Å². The van der Waals surface area contributed by atoms with Crippen LogP contribution in [0.3, 0.4) is 0 Å². The van der Waals surface area contributed by atoms with E-state index in [9.17, 15) is 9.90 Å². The molecule has 138 valence electrons. The number of carboxylic acid groups (broad SMARTS) is 1. The Kier molecular flexibility index (Phi) is 8.14. The van der Waals surface area contributed by atoms with Gasteiger partial charge in [-0.05, 0) is 53.6 Å². The Labute approximate surface area is 157 Å². The molecule has 0 heterocycles. The molecule has 0 aromatic heterocycles. The van der Waals surface area contributed by atoms with E-state index >= 15 is 0 Å². The number of hydrogen-bond donors (Lipinski definition) is 1. The van der Waals surface area contributed by atoms with Crippen molar-refractivity contribution in [1.82, 2.24) is 0 Å². The molecule has 2 aromatic carbocycles. The third-order valence-corrected chi connectivity index (χ3v) is 4.62. The highest BCUT2D eigenvalue weighted by molar-refractivity contribution is 5.96. The van der Waals surface area contributed by atoms with Crippen LogP contribution in [0.5, 0.6) is 0 Å². The zero-order chi connectivity index (χ0) is 18.8. The number of aromatic carboxylic acids is 1. The zero-order valence-electron chi connectivity index (χ0n) is 16.0. The maximum Gasteiger partial charge on any atom is 0.336 e. The third kappa shape index (κ3) is 5.87. The van der Waals surface area contributed by atoms with Gasteiger partial charge >= 0.3 is 5.97 Å². The lowest BCUT2D eigenvalue weighted by Crippen LogP contribution is -2.00. The molecular weight excluding hydrogens is 320 g/mol. The van der Waals surface area contributed by atoms with E-state index in [2.05, 4.69) is 50.3 Å². The van der Waals surface area contributed by atoms with Gasteiger partial charge in [-0.15, -0.1) is 0 Å². The van der Waals surface area contributed by atoms with E-state index in [0.717, 1.165) is 36.0 Å². The average Bonchev–Trinajstić information content (AvgIpc) is 2.66. The summed E-state index contributed by atoms with van der Waals surface area (Å²) in [5.74, 6) is -0.882. The van der Waals surface area contributed by atoms with Crippen LogP contribution in [0.25, 0.3) is 17.2 Å². The Morgan fingerprint density at radius 1 is 0.962 bits per heavy atom. The number of carbonyl (C=O) groups is 1. The van der Waals surface area contributed by atoms with Crippen LogP contribution in [-0.4, -0.2) is 11.1 Å². The number of carboxylic acids is 1. The largest absolute Gasteiger partial charge is 0.478 e. The molecule has 2 aromatic rings. The van der Waals surface area contributed by atoms with Gasteiger partial charge in [0.2, 0.25) is 0 Å². The molecule has 0 fully saturated rings. The number of benzene rings is 2. The lowest BCUT2D eigenvalue weighted by atomic mass is 9.95. The Hall–Kier alpha value is -2.35. The van der Waals surface area contributed by atoms with Crippen LogP contribution < -0.4 is 0 Å². The molecule has 0 atom stereocenters. The highest BCUT2D eigenvalue weighted by Gasteiger charge is 2.12. The lowest BCUT2D eigenvalue weighted by Gasteiger charge is -2.09. The van der Waals surface area contributed by atoms with Gasteiger partial charge in [0.25, 0.3) is 0 Å². The number of hydrogen-bond acceptors (Lipinski definition) is 1. The molecule has 0 spiro atoms. The minimum absolute atomic E-state index is 0.355. The second-order valence-electron chi connectivity index (χ2n) is 6.81. The molecular formula is C24H30O2. The first-order valence-electron chi connectivity index (χ1n) is 9.79. The molecule has 0 amide bonds. The third-order valence-electron chi connectivity index (χ3n) is 4.62. The van der Waals surface area contributed by atoms with Gasteiger partial charge in [0.15, 0.2) is 0 Å². The van der Waals surface area contributed by atoms with Gasteiger partial charge in [0.05, 0.1) is 5.56 Å². The standard InChI is InChI=1S/C24H30O2/c1-3-5-7-9-10-19-12-15-21(16-13-19)23-18-20(11-8-6-4-2)14-17-22(23)24(25)26/h8,11-18H,3-7,9-10H2,1-2H3,(H,25,26). The summed E-state index contributed by atoms with van der Waals surface area (Å²) in [6.07, 6.45) is 12.5. The molecule has 2 rings (SSSR count). The molecule has 0 saturated heterocycles. The lowest BCUT2D eigenvalue weighted by molar-refractivity contribution is 0.0697. The average molecular weight is 351 g/mol. The van der Waals surface area contributed by atoms with Crippen molar-refractivity contribution in [1.29, 1.82) is 0 Å². The van der Waals surface area contributed by atoms with Crippen LogP contribution in [0.2, 0.25) is 0 Å². The monoisotopic (exact) mass is 350 g/mol. The number of aryl methyl sites for hydroxylation is 1. The van der Waals surface area contributed by atoms with E-state index in [1.54, 1.807) is 6.07 Å². The van der Waals surface area contributed by atoms with E-state index in [1.165, 1.54) is 31.2 Å². The summed E-state index contributed by atoms with van der Waals surface area (Å²) in [7, 11) is 0. The fourth-order valence-electron chi connectivity index (χ4n) is 3.08. The molecule has 0 bridgehead atoms. The van der Waals surface area contributed by atoms with Gasteiger partial charge in [-0.2, -0.15) is 0 Å². The van der Waals surface area contributed by atoms with Crippen molar-refractivity contribution in [3.8, 4) is 11.1 Å². The van der Waals surface area contributed by atoms with Gasteiger partial charge in [0.1, 0.15) is 0 Å². The molecule has 2 nitrogen and oxygen atoms in total. The maximum atomic E-state index is 11.6. The van der Waals surface area contributed by atoms with Crippen LogP contribution in [-0.2, 0) is 6.42 Å². The van der Waals surface area contributed by atoms with Crippen molar-refractivity contribution >= 4 is 12.0 Å². The quantitative estimate of drug-likeness (QED) is 0.469. The van der Waals surface area contributed by atoms with Crippen molar-refractivity contribution in [2.75, 3.05) is 0 Å². The fraction of sp³-hybridized carbons (Fsp3) is 0.375. The smallest absolute Gasteiger partial charge is 0.336 e. The van der Waals surface area contributed by atoms with E-state index in [1.807, 2.05) is 12.1 Å². The first kappa shape index (κ1) is 20.0. The van der Waals surface area contributed by atoms with Crippen LogP contribution in [0, 0.1) is 0 Å². The molecule has 0 aliphatic carbocycles. The maximum absolute atomic E-state index is 11.6. The first-order chi connectivity index (χ1) is 12.7. The number of allylic oxidation sites excluding steroid dienone is 1. The molecule has 0 aliphatic heterocycles. The first-order valence-corrected chi connectivity index (χ1v) is 9.79. The molecule has 2 heteroatoms. The highest BCUT2D eigenvalue weighted by Crippen LogP contribution is 2.27. The normalized spacial score (nSPS) is 11.2. The van der Waals surface area contributed by atoms with Crippen molar-refractivity contribution < 1.29 is 9.90 Å². The minimum atomic E-state index is -0.882. The van der Waals surface area contributed by atoms with Crippen LogP contribution in [0.15, 0.2) is 48.5 Å². The highest BCUT2D eigenvalue weighted by atomic mass is 16.4. The van der Waals surface area contributed by atoms with E-state index in [4.69, 9.17) is 0 Å². The van der Waals surface area contributed by atoms with E-state index < -0.39 is 5.97 Å². The van der Waals surface area contributed by atoms with Crippen molar-refractivity contribution in [2.24, 2.45) is 0 Å². The number of rotatable bonds is 10. The summed E-state index contributed by atoms with van der Waals surface area (Å²) >= 11 is 0. The second kappa shape index (κ2) is 10.6. The van der Waals surface area contributed by atoms with Gasteiger partial charge in [-0.3, -0.25) is 0 Å².